The molecular formula is C16H24F2N2O. The van der Waals surface area contributed by atoms with Crippen LogP contribution in [0.15, 0.2) is 18.2 Å². The molecule has 1 saturated carbocycles. The summed E-state index contributed by atoms with van der Waals surface area (Å²) in [7, 11) is 1.65. The van der Waals surface area contributed by atoms with Gasteiger partial charge in [-0.25, -0.2) is 8.78 Å². The number of rotatable bonds is 8. The first kappa shape index (κ1) is 16.3. The van der Waals surface area contributed by atoms with Crippen LogP contribution in [0.2, 0.25) is 0 Å². The maximum Gasteiger partial charge on any atom is 0.130 e. The largest absolute Gasteiger partial charge is 0.383 e. The number of nitrogens with zero attached hydrogens (tertiary/aromatic N) is 1. The second-order valence-corrected chi connectivity index (χ2v) is 5.73. The Morgan fingerprint density at radius 3 is 2.62 bits per heavy atom. The molecule has 2 N–H and O–H groups in total. The van der Waals surface area contributed by atoms with E-state index in [1.807, 2.05) is 0 Å². The SMILES string of the molecule is COCCN(C(CN)c1ccc(F)cc1F)C(C)C1CC1. The lowest BCUT2D eigenvalue weighted by Gasteiger charge is -2.36. The Hall–Kier alpha value is -1.04. The van der Waals surface area contributed by atoms with Crippen molar-refractivity contribution in [3.05, 3.63) is 35.4 Å². The number of halogens is 2. The topological polar surface area (TPSA) is 38.5 Å². The standard InChI is InChI=1S/C16H24F2N2O/c1-11(12-3-4-12)20(7-8-21-2)16(10-19)14-6-5-13(17)9-15(14)18/h5-6,9,11-12,16H,3-4,7-8,10,19H2,1-2H3. The molecule has 0 saturated heterocycles. The molecule has 0 bridgehead atoms. The first-order chi connectivity index (χ1) is 10.1. The molecule has 1 aromatic carbocycles. The van der Waals surface area contributed by atoms with Crippen molar-refractivity contribution >= 4 is 0 Å². The molecule has 1 aromatic rings. The van der Waals surface area contributed by atoms with Crippen LogP contribution in [0, 0.1) is 17.6 Å². The van der Waals surface area contributed by atoms with Gasteiger partial charge in [-0.3, -0.25) is 4.90 Å². The Labute approximate surface area is 125 Å². The zero-order valence-corrected chi connectivity index (χ0v) is 12.7. The van der Waals surface area contributed by atoms with E-state index >= 15 is 0 Å². The van der Waals surface area contributed by atoms with Gasteiger partial charge in [0.2, 0.25) is 0 Å². The predicted octanol–water partition coefficient (Wildman–Crippen LogP) is 2.71. The van der Waals surface area contributed by atoms with Crippen LogP contribution in [0.4, 0.5) is 8.78 Å². The fraction of sp³-hybridized carbons (Fsp3) is 0.625. The summed E-state index contributed by atoms with van der Waals surface area (Å²) in [6.45, 7) is 3.70. The van der Waals surface area contributed by atoms with Gasteiger partial charge in [-0.05, 0) is 31.7 Å². The molecule has 21 heavy (non-hydrogen) atoms. The highest BCUT2D eigenvalue weighted by molar-refractivity contribution is 5.23. The summed E-state index contributed by atoms with van der Waals surface area (Å²) in [6.07, 6.45) is 2.40. The van der Waals surface area contributed by atoms with E-state index in [1.54, 1.807) is 7.11 Å². The molecule has 1 aliphatic carbocycles. The molecule has 1 fully saturated rings. The molecule has 2 rings (SSSR count). The molecule has 0 radical (unpaired) electrons. The van der Waals surface area contributed by atoms with Gasteiger partial charge in [0.05, 0.1) is 12.6 Å². The number of hydrogen-bond donors (Lipinski definition) is 1. The molecule has 0 aliphatic heterocycles. The molecule has 0 aromatic heterocycles. The van der Waals surface area contributed by atoms with Crippen LogP contribution in [0.1, 0.15) is 31.4 Å². The fourth-order valence-electron chi connectivity index (χ4n) is 2.90. The van der Waals surface area contributed by atoms with E-state index < -0.39 is 11.6 Å². The molecule has 2 unspecified atom stereocenters. The third kappa shape index (κ3) is 3.99. The lowest BCUT2D eigenvalue weighted by molar-refractivity contribution is 0.0820. The summed E-state index contributed by atoms with van der Waals surface area (Å²) in [4.78, 5) is 2.19. The second-order valence-electron chi connectivity index (χ2n) is 5.73. The fourth-order valence-corrected chi connectivity index (χ4v) is 2.90. The summed E-state index contributed by atoms with van der Waals surface area (Å²) in [6, 6.07) is 3.78. The number of benzene rings is 1. The normalized spacial score (nSPS) is 18.0. The van der Waals surface area contributed by atoms with E-state index in [1.165, 1.54) is 25.0 Å². The third-order valence-electron chi connectivity index (χ3n) is 4.33. The average molecular weight is 298 g/mol. The van der Waals surface area contributed by atoms with Crippen molar-refractivity contribution in [2.75, 3.05) is 26.8 Å². The zero-order valence-electron chi connectivity index (χ0n) is 12.7. The maximum absolute atomic E-state index is 14.1. The number of ether oxygens (including phenoxy) is 1. The monoisotopic (exact) mass is 298 g/mol. The Balaban J connectivity index is 2.24. The van der Waals surface area contributed by atoms with Crippen LogP contribution in [-0.4, -0.2) is 37.7 Å². The van der Waals surface area contributed by atoms with Gasteiger partial charge in [0.1, 0.15) is 11.6 Å². The molecule has 0 heterocycles. The molecular weight excluding hydrogens is 274 g/mol. The highest BCUT2D eigenvalue weighted by Crippen LogP contribution is 2.38. The van der Waals surface area contributed by atoms with Crippen molar-refractivity contribution in [2.24, 2.45) is 11.7 Å². The Bertz CT molecular complexity index is 466. The molecule has 0 spiro atoms. The van der Waals surface area contributed by atoms with E-state index in [-0.39, 0.29) is 6.04 Å². The minimum Gasteiger partial charge on any atom is -0.383 e. The van der Waals surface area contributed by atoms with Crippen LogP contribution in [0.25, 0.3) is 0 Å². The summed E-state index contributed by atoms with van der Waals surface area (Å²) >= 11 is 0. The van der Waals surface area contributed by atoms with Crippen LogP contribution in [0.3, 0.4) is 0 Å². The minimum atomic E-state index is -0.564. The van der Waals surface area contributed by atoms with Crippen molar-refractivity contribution in [1.82, 2.24) is 4.90 Å². The summed E-state index contributed by atoms with van der Waals surface area (Å²) < 4.78 is 32.4. The smallest absolute Gasteiger partial charge is 0.130 e. The molecule has 2 atom stereocenters. The van der Waals surface area contributed by atoms with Gasteiger partial charge in [-0.2, -0.15) is 0 Å². The van der Waals surface area contributed by atoms with Crippen LogP contribution < -0.4 is 5.73 Å². The van der Waals surface area contributed by atoms with Gasteiger partial charge >= 0.3 is 0 Å². The van der Waals surface area contributed by atoms with Crippen molar-refractivity contribution in [1.29, 1.82) is 0 Å². The lowest BCUT2D eigenvalue weighted by Crippen LogP contribution is -2.43. The van der Waals surface area contributed by atoms with Crippen molar-refractivity contribution in [2.45, 2.75) is 31.8 Å². The molecule has 118 valence electrons. The first-order valence-corrected chi connectivity index (χ1v) is 7.48. The van der Waals surface area contributed by atoms with Gasteiger partial charge < -0.3 is 10.5 Å². The van der Waals surface area contributed by atoms with Gasteiger partial charge in [-0.15, -0.1) is 0 Å². The Morgan fingerprint density at radius 2 is 2.10 bits per heavy atom. The summed E-state index contributed by atoms with van der Waals surface area (Å²) in [5, 5.41) is 0. The molecule has 0 amide bonds. The lowest BCUT2D eigenvalue weighted by atomic mass is 10.0. The van der Waals surface area contributed by atoms with E-state index in [0.717, 1.165) is 6.07 Å². The maximum atomic E-state index is 14.1. The van der Waals surface area contributed by atoms with Crippen molar-refractivity contribution in [3.8, 4) is 0 Å². The average Bonchev–Trinajstić information content (AvgIpc) is 3.28. The molecule has 1 aliphatic rings. The quantitative estimate of drug-likeness (QED) is 0.802. The van der Waals surface area contributed by atoms with E-state index in [4.69, 9.17) is 10.5 Å². The third-order valence-corrected chi connectivity index (χ3v) is 4.33. The highest BCUT2D eigenvalue weighted by atomic mass is 19.1. The first-order valence-electron chi connectivity index (χ1n) is 7.48. The van der Waals surface area contributed by atoms with Crippen molar-refractivity contribution < 1.29 is 13.5 Å². The molecule has 5 heteroatoms. The van der Waals surface area contributed by atoms with Crippen LogP contribution in [-0.2, 0) is 4.74 Å². The van der Waals surface area contributed by atoms with E-state index in [0.29, 0.717) is 37.2 Å². The van der Waals surface area contributed by atoms with Gasteiger partial charge in [0.25, 0.3) is 0 Å². The highest BCUT2D eigenvalue weighted by Gasteiger charge is 2.35. The number of nitrogens with two attached hydrogens (primary N) is 1. The van der Waals surface area contributed by atoms with Crippen LogP contribution in [0.5, 0.6) is 0 Å². The number of methoxy groups -OCH3 is 1. The van der Waals surface area contributed by atoms with Crippen LogP contribution >= 0.6 is 0 Å². The van der Waals surface area contributed by atoms with Gasteiger partial charge in [0.15, 0.2) is 0 Å². The Kier molecular flexibility index (Phi) is 5.67. The molecule has 3 nitrogen and oxygen atoms in total. The van der Waals surface area contributed by atoms with E-state index in [2.05, 4.69) is 11.8 Å². The Morgan fingerprint density at radius 1 is 1.38 bits per heavy atom. The number of hydrogen-bond acceptors (Lipinski definition) is 3. The summed E-state index contributed by atoms with van der Waals surface area (Å²) in [5.41, 5.74) is 6.36. The van der Waals surface area contributed by atoms with Gasteiger partial charge in [-0.1, -0.05) is 6.07 Å². The zero-order chi connectivity index (χ0) is 15.4. The summed E-state index contributed by atoms with van der Waals surface area (Å²) in [5.74, 6) is -0.457. The van der Waals surface area contributed by atoms with Gasteiger partial charge in [0, 0.05) is 37.9 Å². The van der Waals surface area contributed by atoms with Crippen molar-refractivity contribution in [3.63, 3.8) is 0 Å². The minimum absolute atomic E-state index is 0.253. The van der Waals surface area contributed by atoms with E-state index in [9.17, 15) is 8.78 Å². The predicted molar refractivity (Wildman–Crippen MR) is 78.9 cm³/mol. The second kappa shape index (κ2) is 7.29.